The molecular weight excluding hydrogens is 240 g/mol. The summed E-state index contributed by atoms with van der Waals surface area (Å²) in [5.74, 6) is -1.31. The molecule has 0 aliphatic rings. The largest absolute Gasteiger partial charge is 0.417 e. The predicted octanol–water partition coefficient (Wildman–Crippen LogP) is -0.609. The fraction of sp³-hybridized carbons (Fsp3) is 0.273. The molecule has 5 N–H and O–H groups in total. The maximum absolute atomic E-state index is 11.0. The van der Waals surface area contributed by atoms with Crippen molar-refractivity contribution in [3.8, 4) is 0 Å². The Labute approximate surface area is 101 Å². The van der Waals surface area contributed by atoms with Gasteiger partial charge in [0.25, 0.3) is 0 Å². The van der Waals surface area contributed by atoms with Gasteiger partial charge in [-0.15, -0.1) is 0 Å². The Kier molecular flexibility index (Phi) is 3.17. The summed E-state index contributed by atoms with van der Waals surface area (Å²) >= 11 is 0. The number of aliphatic hydroxyl groups excluding tert-OH is 2. The predicted molar refractivity (Wildman–Crippen MR) is 61.6 cm³/mol. The number of fused-ring (bicyclic) bond motifs is 1. The van der Waals surface area contributed by atoms with Crippen LogP contribution in [0.15, 0.2) is 27.4 Å². The maximum atomic E-state index is 11.0. The average molecular weight is 252 g/mol. The van der Waals surface area contributed by atoms with E-state index in [2.05, 4.69) is 4.98 Å². The Morgan fingerprint density at radius 3 is 2.83 bits per heavy atom. The second kappa shape index (κ2) is 4.63. The molecule has 1 heterocycles. The molecule has 0 fully saturated rings. The van der Waals surface area contributed by atoms with Crippen LogP contribution in [-0.4, -0.2) is 27.2 Å². The van der Waals surface area contributed by atoms with E-state index in [4.69, 9.17) is 10.2 Å². The normalized spacial score (nSPS) is 14.6. The molecule has 0 saturated heterocycles. The minimum absolute atomic E-state index is 0.267. The molecule has 2 aromatic rings. The summed E-state index contributed by atoms with van der Waals surface area (Å²) in [6, 6.07) is 4.47. The summed E-state index contributed by atoms with van der Waals surface area (Å²) in [4.78, 5) is 24.0. The van der Waals surface area contributed by atoms with Crippen molar-refractivity contribution in [2.24, 2.45) is 5.73 Å². The highest BCUT2D eigenvalue weighted by molar-refractivity contribution is 5.75. The molecule has 7 nitrogen and oxygen atoms in total. The lowest BCUT2D eigenvalue weighted by atomic mass is 10.0. The number of amides is 1. The van der Waals surface area contributed by atoms with Crippen molar-refractivity contribution in [2.45, 2.75) is 18.6 Å². The van der Waals surface area contributed by atoms with Crippen molar-refractivity contribution in [2.75, 3.05) is 0 Å². The summed E-state index contributed by atoms with van der Waals surface area (Å²) in [6.45, 7) is 0. The van der Waals surface area contributed by atoms with Gasteiger partial charge < -0.3 is 20.4 Å². The van der Waals surface area contributed by atoms with E-state index in [1.54, 1.807) is 0 Å². The Bertz CT molecular complexity index is 630. The van der Waals surface area contributed by atoms with Crippen LogP contribution in [0.3, 0.4) is 0 Å². The third-order valence-corrected chi connectivity index (χ3v) is 2.56. The highest BCUT2D eigenvalue weighted by Crippen LogP contribution is 2.22. The number of nitrogens with two attached hydrogens (primary N) is 1. The van der Waals surface area contributed by atoms with E-state index < -0.39 is 23.9 Å². The minimum atomic E-state index is -1.30. The zero-order valence-corrected chi connectivity index (χ0v) is 9.29. The van der Waals surface area contributed by atoms with E-state index in [0.717, 1.165) is 0 Å². The molecular formula is C11H12N2O5. The smallest absolute Gasteiger partial charge is 0.408 e. The van der Waals surface area contributed by atoms with Crippen LogP contribution in [0.2, 0.25) is 0 Å². The zero-order valence-electron chi connectivity index (χ0n) is 9.29. The van der Waals surface area contributed by atoms with Crippen molar-refractivity contribution in [1.29, 1.82) is 0 Å². The first-order valence-electron chi connectivity index (χ1n) is 5.24. The number of rotatable bonds is 4. The van der Waals surface area contributed by atoms with Crippen molar-refractivity contribution in [3.05, 3.63) is 34.3 Å². The molecule has 96 valence electrons. The first-order chi connectivity index (χ1) is 8.47. The molecule has 0 bridgehead atoms. The van der Waals surface area contributed by atoms with Crippen LogP contribution < -0.4 is 11.5 Å². The number of aliphatic hydroxyl groups is 2. The summed E-state index contributed by atoms with van der Waals surface area (Å²) in [7, 11) is 0. The van der Waals surface area contributed by atoms with Gasteiger partial charge in [-0.2, -0.15) is 0 Å². The first-order valence-corrected chi connectivity index (χ1v) is 5.24. The second-order valence-corrected chi connectivity index (χ2v) is 3.95. The molecule has 1 amide bonds. The highest BCUT2D eigenvalue weighted by atomic mass is 16.4. The number of oxazole rings is 1. The molecule has 0 saturated carbocycles. The van der Waals surface area contributed by atoms with Gasteiger partial charge >= 0.3 is 5.76 Å². The highest BCUT2D eigenvalue weighted by Gasteiger charge is 2.21. The molecule has 0 spiro atoms. The standard InChI is InChI=1S/C11H12N2O5/c12-9(15)4-7(14)10(16)5-1-2-6-8(3-5)18-11(17)13-6/h1-3,7,10,14,16H,4H2,(H2,12,15)(H,13,17). The second-order valence-electron chi connectivity index (χ2n) is 3.95. The number of nitrogens with one attached hydrogen (secondary N) is 1. The number of benzene rings is 1. The molecule has 0 aliphatic carbocycles. The fourth-order valence-electron chi connectivity index (χ4n) is 1.69. The quantitative estimate of drug-likeness (QED) is 0.576. The van der Waals surface area contributed by atoms with Crippen LogP contribution in [0.25, 0.3) is 11.1 Å². The molecule has 1 aromatic heterocycles. The van der Waals surface area contributed by atoms with Crippen LogP contribution in [0.1, 0.15) is 18.1 Å². The Morgan fingerprint density at radius 1 is 1.44 bits per heavy atom. The van der Waals surface area contributed by atoms with Gasteiger partial charge in [-0.05, 0) is 17.7 Å². The minimum Gasteiger partial charge on any atom is -0.408 e. The third-order valence-electron chi connectivity index (χ3n) is 2.56. The lowest BCUT2D eigenvalue weighted by molar-refractivity contribution is -0.121. The summed E-state index contributed by atoms with van der Waals surface area (Å²) in [5, 5.41) is 19.4. The molecule has 2 atom stereocenters. The monoisotopic (exact) mass is 252 g/mol. The molecule has 18 heavy (non-hydrogen) atoms. The molecule has 2 unspecified atom stereocenters. The van der Waals surface area contributed by atoms with Crippen LogP contribution >= 0.6 is 0 Å². The Hall–Kier alpha value is -2.12. The van der Waals surface area contributed by atoms with Gasteiger partial charge in [0.1, 0.15) is 6.10 Å². The van der Waals surface area contributed by atoms with Crippen LogP contribution in [-0.2, 0) is 4.79 Å². The van der Waals surface area contributed by atoms with Crippen molar-refractivity contribution in [3.63, 3.8) is 0 Å². The molecule has 0 aliphatic heterocycles. The van der Waals surface area contributed by atoms with Crippen LogP contribution in [0.4, 0.5) is 0 Å². The van der Waals surface area contributed by atoms with E-state index in [1.165, 1.54) is 18.2 Å². The maximum Gasteiger partial charge on any atom is 0.417 e. The van der Waals surface area contributed by atoms with E-state index in [1.807, 2.05) is 0 Å². The SMILES string of the molecule is NC(=O)CC(O)C(O)c1ccc2[nH]c(=O)oc2c1. The third kappa shape index (κ3) is 2.41. The summed E-state index contributed by atoms with van der Waals surface area (Å²) < 4.78 is 4.82. The van der Waals surface area contributed by atoms with Gasteiger partial charge in [0.05, 0.1) is 18.0 Å². The Balaban J connectivity index is 2.29. The van der Waals surface area contributed by atoms with Crippen LogP contribution in [0.5, 0.6) is 0 Å². The number of carbonyl (C=O) groups is 1. The number of H-pyrrole nitrogens is 1. The number of primary amides is 1. The lowest BCUT2D eigenvalue weighted by Gasteiger charge is -2.16. The van der Waals surface area contributed by atoms with E-state index in [-0.39, 0.29) is 12.0 Å². The molecule has 7 heteroatoms. The number of aromatic nitrogens is 1. The van der Waals surface area contributed by atoms with Gasteiger partial charge in [0, 0.05) is 0 Å². The number of hydrogen-bond acceptors (Lipinski definition) is 5. The van der Waals surface area contributed by atoms with Crippen molar-refractivity contribution in [1.82, 2.24) is 4.98 Å². The van der Waals surface area contributed by atoms with E-state index >= 15 is 0 Å². The fourth-order valence-corrected chi connectivity index (χ4v) is 1.69. The summed E-state index contributed by atoms with van der Waals surface area (Å²) in [5.41, 5.74) is 6.01. The average Bonchev–Trinajstić information content (AvgIpc) is 2.65. The van der Waals surface area contributed by atoms with E-state index in [0.29, 0.717) is 11.1 Å². The lowest BCUT2D eigenvalue weighted by Crippen LogP contribution is -2.25. The molecule has 0 radical (unpaired) electrons. The number of hydrogen-bond donors (Lipinski definition) is 4. The Morgan fingerprint density at radius 2 is 2.17 bits per heavy atom. The van der Waals surface area contributed by atoms with Gasteiger partial charge in [-0.3, -0.25) is 9.78 Å². The zero-order chi connectivity index (χ0) is 13.3. The van der Waals surface area contributed by atoms with Gasteiger partial charge in [0.15, 0.2) is 5.58 Å². The number of aromatic amines is 1. The molecule has 2 rings (SSSR count). The van der Waals surface area contributed by atoms with Crippen LogP contribution in [0, 0.1) is 0 Å². The van der Waals surface area contributed by atoms with Gasteiger partial charge in [-0.25, -0.2) is 4.79 Å². The molecule has 1 aromatic carbocycles. The first kappa shape index (κ1) is 12.3. The van der Waals surface area contributed by atoms with Crippen molar-refractivity contribution >= 4 is 17.0 Å². The van der Waals surface area contributed by atoms with Gasteiger partial charge in [0.2, 0.25) is 5.91 Å². The summed E-state index contributed by atoms with van der Waals surface area (Å²) in [6.07, 6.45) is -2.93. The number of carbonyl (C=O) groups excluding carboxylic acids is 1. The topological polar surface area (TPSA) is 130 Å². The van der Waals surface area contributed by atoms with E-state index in [9.17, 15) is 19.8 Å². The van der Waals surface area contributed by atoms with Gasteiger partial charge in [-0.1, -0.05) is 6.07 Å². The van der Waals surface area contributed by atoms with Crippen molar-refractivity contribution < 1.29 is 19.4 Å².